The summed E-state index contributed by atoms with van der Waals surface area (Å²) in [6, 6.07) is 5.34. The van der Waals surface area contributed by atoms with Crippen molar-refractivity contribution in [1.29, 1.82) is 0 Å². The van der Waals surface area contributed by atoms with Crippen molar-refractivity contribution >= 4 is 29.3 Å². The van der Waals surface area contributed by atoms with Gasteiger partial charge in [0.1, 0.15) is 11.5 Å². The molecule has 0 saturated heterocycles. The van der Waals surface area contributed by atoms with E-state index in [1.165, 1.54) is 0 Å². The maximum Gasteiger partial charge on any atom is 0.316 e. The lowest BCUT2D eigenvalue weighted by Crippen LogP contribution is -2.06. The molecule has 0 fully saturated rings. The van der Waals surface area contributed by atoms with Crippen LogP contribution in [0.2, 0.25) is 5.02 Å². The number of nitrogens with zero attached hydrogens (tertiary/aromatic N) is 2. The Balaban J connectivity index is 1.85. The molecular formula is C14H15ClN2O4S. The van der Waals surface area contributed by atoms with Gasteiger partial charge in [0.2, 0.25) is 0 Å². The van der Waals surface area contributed by atoms with E-state index >= 15 is 0 Å². The fourth-order valence-electron chi connectivity index (χ4n) is 1.59. The number of hydrogen-bond acceptors (Lipinski definition) is 7. The van der Waals surface area contributed by atoms with Gasteiger partial charge in [0.05, 0.1) is 6.61 Å². The number of thioether (sulfide) groups is 1. The molecule has 1 aromatic carbocycles. The van der Waals surface area contributed by atoms with E-state index in [1.54, 1.807) is 19.1 Å². The maximum atomic E-state index is 11.2. The summed E-state index contributed by atoms with van der Waals surface area (Å²) in [6.07, 6.45) is 0. The van der Waals surface area contributed by atoms with Crippen molar-refractivity contribution < 1.29 is 18.7 Å². The summed E-state index contributed by atoms with van der Waals surface area (Å²) in [5.74, 6) is 0.844. The van der Waals surface area contributed by atoms with Crippen LogP contribution in [-0.4, -0.2) is 28.5 Å². The third-order valence-corrected chi connectivity index (χ3v) is 3.58. The number of benzene rings is 1. The summed E-state index contributed by atoms with van der Waals surface area (Å²) >= 11 is 7.01. The Morgan fingerprint density at radius 1 is 1.41 bits per heavy atom. The van der Waals surface area contributed by atoms with Gasteiger partial charge in [-0.25, -0.2) is 0 Å². The van der Waals surface area contributed by atoms with Crippen LogP contribution in [0.5, 0.6) is 5.75 Å². The molecule has 0 atom stereocenters. The summed E-state index contributed by atoms with van der Waals surface area (Å²) < 4.78 is 15.8. The summed E-state index contributed by atoms with van der Waals surface area (Å²) in [7, 11) is 0. The Morgan fingerprint density at radius 3 is 2.95 bits per heavy atom. The molecule has 1 aromatic heterocycles. The number of hydrogen-bond donors (Lipinski definition) is 0. The van der Waals surface area contributed by atoms with Gasteiger partial charge in [-0.15, -0.1) is 10.2 Å². The average molecular weight is 343 g/mol. The van der Waals surface area contributed by atoms with E-state index in [1.807, 2.05) is 13.0 Å². The number of aromatic nitrogens is 2. The Kier molecular flexibility index (Phi) is 6.09. The van der Waals surface area contributed by atoms with Crippen LogP contribution in [0, 0.1) is 6.92 Å². The third-order valence-electron chi connectivity index (χ3n) is 2.56. The molecule has 0 radical (unpaired) electrons. The number of halogens is 1. The second kappa shape index (κ2) is 8.05. The molecule has 0 aliphatic carbocycles. The molecule has 0 N–H and O–H groups in total. The zero-order chi connectivity index (χ0) is 15.9. The predicted octanol–water partition coefficient (Wildman–Crippen LogP) is 3.27. The largest absolute Gasteiger partial charge is 0.484 e. The number of esters is 1. The molecule has 0 saturated carbocycles. The molecule has 1 heterocycles. The molecule has 0 bridgehead atoms. The number of carbonyl (C=O) groups excluding carboxylic acids is 1. The highest BCUT2D eigenvalue weighted by Crippen LogP contribution is 2.23. The molecule has 0 aliphatic rings. The first-order valence-corrected chi connectivity index (χ1v) is 7.94. The smallest absolute Gasteiger partial charge is 0.316 e. The lowest BCUT2D eigenvalue weighted by Gasteiger charge is -2.06. The normalized spacial score (nSPS) is 10.5. The van der Waals surface area contributed by atoms with Gasteiger partial charge in [-0.2, -0.15) is 0 Å². The number of rotatable bonds is 7. The van der Waals surface area contributed by atoms with E-state index < -0.39 is 0 Å². The fraction of sp³-hybridized carbons (Fsp3) is 0.357. The van der Waals surface area contributed by atoms with Crippen molar-refractivity contribution in [1.82, 2.24) is 10.2 Å². The molecule has 2 aromatic rings. The van der Waals surface area contributed by atoms with Gasteiger partial charge < -0.3 is 13.9 Å². The molecule has 8 heteroatoms. The van der Waals surface area contributed by atoms with Crippen molar-refractivity contribution in [3.05, 3.63) is 34.7 Å². The Labute approximate surface area is 137 Å². The van der Waals surface area contributed by atoms with Crippen molar-refractivity contribution in [2.75, 3.05) is 12.4 Å². The van der Waals surface area contributed by atoms with E-state index in [-0.39, 0.29) is 18.3 Å². The third kappa shape index (κ3) is 4.92. The summed E-state index contributed by atoms with van der Waals surface area (Å²) in [5, 5.41) is 8.65. The number of aryl methyl sites for hydroxylation is 1. The van der Waals surface area contributed by atoms with Crippen molar-refractivity contribution in [3.8, 4) is 5.75 Å². The van der Waals surface area contributed by atoms with Gasteiger partial charge in [0.25, 0.3) is 11.1 Å². The van der Waals surface area contributed by atoms with Crippen LogP contribution in [0.1, 0.15) is 18.4 Å². The zero-order valence-electron chi connectivity index (χ0n) is 12.2. The van der Waals surface area contributed by atoms with Gasteiger partial charge in [-0.05, 0) is 37.6 Å². The lowest BCUT2D eigenvalue weighted by molar-refractivity contribution is -0.139. The zero-order valence-corrected chi connectivity index (χ0v) is 13.7. The van der Waals surface area contributed by atoms with E-state index in [4.69, 9.17) is 25.5 Å². The van der Waals surface area contributed by atoms with Crippen molar-refractivity contribution in [2.45, 2.75) is 25.7 Å². The van der Waals surface area contributed by atoms with E-state index in [0.717, 1.165) is 17.3 Å². The van der Waals surface area contributed by atoms with Crippen LogP contribution in [0.4, 0.5) is 0 Å². The van der Waals surface area contributed by atoms with Crippen LogP contribution in [0.15, 0.2) is 27.8 Å². The summed E-state index contributed by atoms with van der Waals surface area (Å²) in [5.41, 5.74) is 0.920. The maximum absolute atomic E-state index is 11.2. The second-order valence-corrected chi connectivity index (χ2v) is 5.62. The van der Waals surface area contributed by atoms with Gasteiger partial charge >= 0.3 is 5.97 Å². The molecule has 2 rings (SSSR count). The molecule has 22 heavy (non-hydrogen) atoms. The van der Waals surface area contributed by atoms with Crippen molar-refractivity contribution in [3.63, 3.8) is 0 Å². The van der Waals surface area contributed by atoms with Gasteiger partial charge in [-0.1, -0.05) is 23.4 Å². The summed E-state index contributed by atoms with van der Waals surface area (Å²) in [4.78, 5) is 11.2. The lowest BCUT2D eigenvalue weighted by atomic mass is 10.2. The Bertz CT molecular complexity index is 648. The predicted molar refractivity (Wildman–Crippen MR) is 82.2 cm³/mol. The van der Waals surface area contributed by atoms with Crippen LogP contribution >= 0.6 is 23.4 Å². The highest BCUT2D eigenvalue weighted by molar-refractivity contribution is 7.99. The van der Waals surface area contributed by atoms with Gasteiger partial charge in [0, 0.05) is 5.02 Å². The van der Waals surface area contributed by atoms with Gasteiger partial charge in [0.15, 0.2) is 6.61 Å². The molecule has 0 aliphatic heterocycles. The minimum Gasteiger partial charge on any atom is -0.484 e. The topological polar surface area (TPSA) is 74.5 Å². The van der Waals surface area contributed by atoms with E-state index in [9.17, 15) is 4.79 Å². The van der Waals surface area contributed by atoms with Gasteiger partial charge in [-0.3, -0.25) is 4.79 Å². The molecule has 118 valence electrons. The SMILES string of the molecule is CCOC(=O)CSc1nnc(COc2ccc(Cl)cc2C)o1. The number of ether oxygens (including phenoxy) is 2. The first kappa shape index (κ1) is 16.6. The van der Waals surface area contributed by atoms with Crippen LogP contribution in [0.25, 0.3) is 0 Å². The monoisotopic (exact) mass is 342 g/mol. The highest BCUT2D eigenvalue weighted by atomic mass is 35.5. The second-order valence-electron chi connectivity index (χ2n) is 4.25. The minimum atomic E-state index is -0.319. The highest BCUT2D eigenvalue weighted by Gasteiger charge is 2.11. The van der Waals surface area contributed by atoms with E-state index in [2.05, 4.69) is 10.2 Å². The van der Waals surface area contributed by atoms with Crippen LogP contribution < -0.4 is 4.74 Å². The average Bonchev–Trinajstić information content (AvgIpc) is 2.92. The van der Waals surface area contributed by atoms with E-state index in [0.29, 0.717) is 28.5 Å². The minimum absolute atomic E-state index is 0.132. The first-order valence-electron chi connectivity index (χ1n) is 6.58. The molecule has 0 spiro atoms. The van der Waals surface area contributed by atoms with Crippen molar-refractivity contribution in [2.24, 2.45) is 0 Å². The van der Waals surface area contributed by atoms with Crippen LogP contribution in [0.3, 0.4) is 0 Å². The molecule has 0 unspecified atom stereocenters. The molecule has 0 amide bonds. The fourth-order valence-corrected chi connectivity index (χ4v) is 2.40. The first-order chi connectivity index (χ1) is 10.6. The quantitative estimate of drug-likeness (QED) is 0.564. The standard InChI is InChI=1S/C14H15ClN2O4S/c1-3-19-13(18)8-22-14-17-16-12(21-14)7-20-11-5-4-10(15)6-9(11)2/h4-6H,3,7-8H2,1-2H3. The Hall–Kier alpha value is -1.73. The molecule has 6 nitrogen and oxygen atoms in total. The van der Waals surface area contributed by atoms with Crippen LogP contribution in [-0.2, 0) is 16.1 Å². The Morgan fingerprint density at radius 2 is 2.23 bits per heavy atom. The summed E-state index contributed by atoms with van der Waals surface area (Å²) in [6.45, 7) is 4.15. The number of carbonyl (C=O) groups is 1. The molecular weight excluding hydrogens is 328 g/mol.